The number of ether oxygens (including phenoxy) is 1. The molecule has 0 N–H and O–H groups in total. The van der Waals surface area contributed by atoms with Crippen molar-refractivity contribution < 1.29 is 9.13 Å². The molecule has 1 nitrogen and oxygen atoms in total. The summed E-state index contributed by atoms with van der Waals surface area (Å²) in [6.45, 7) is 2.63. The molecule has 2 heteroatoms. The topological polar surface area (TPSA) is 9.23 Å². The Labute approximate surface area is 77.5 Å². The van der Waals surface area contributed by atoms with Crippen molar-refractivity contribution in [2.75, 3.05) is 6.61 Å². The Hall–Kier alpha value is -1.49. The van der Waals surface area contributed by atoms with Gasteiger partial charge < -0.3 is 4.74 Å². The first-order valence-corrected chi connectivity index (χ1v) is 4.17. The van der Waals surface area contributed by atoms with E-state index in [-0.39, 0.29) is 11.4 Å². The molecule has 1 rings (SSSR count). The highest BCUT2D eigenvalue weighted by molar-refractivity contribution is 5.39. The third kappa shape index (κ3) is 2.48. The van der Waals surface area contributed by atoms with Gasteiger partial charge in [0.1, 0.15) is 11.6 Å². The van der Waals surface area contributed by atoms with Crippen LogP contribution in [0, 0.1) is 18.2 Å². The lowest BCUT2D eigenvalue weighted by atomic mass is 10.2. The fourth-order valence-electron chi connectivity index (χ4n) is 0.925. The number of rotatable bonds is 3. The van der Waals surface area contributed by atoms with Crippen molar-refractivity contribution in [3.8, 4) is 18.1 Å². The fourth-order valence-corrected chi connectivity index (χ4v) is 0.925. The summed E-state index contributed by atoms with van der Waals surface area (Å²) in [6, 6.07) is 4.43. The van der Waals surface area contributed by atoms with Crippen molar-refractivity contribution in [1.29, 1.82) is 0 Å². The van der Waals surface area contributed by atoms with E-state index < -0.39 is 0 Å². The van der Waals surface area contributed by atoms with Gasteiger partial charge in [-0.1, -0.05) is 12.8 Å². The normalized spacial score (nSPS) is 9.31. The Kier molecular flexibility index (Phi) is 3.33. The molecule has 0 aliphatic heterocycles. The molecule has 0 unspecified atom stereocenters. The highest BCUT2D eigenvalue weighted by Crippen LogP contribution is 2.15. The standard InChI is InChI=1S/C11H11FO/c1-3-7-13-10-5-6-11(12)9(4-2)8-10/h2,5-6,8H,3,7H2,1H3. The van der Waals surface area contributed by atoms with Gasteiger partial charge in [-0.25, -0.2) is 4.39 Å². The lowest BCUT2D eigenvalue weighted by Crippen LogP contribution is -1.95. The minimum absolute atomic E-state index is 0.244. The number of halogens is 1. The molecule has 0 saturated carbocycles. The molecule has 0 amide bonds. The molecular formula is C11H11FO. The van der Waals surface area contributed by atoms with Crippen LogP contribution in [0.25, 0.3) is 0 Å². The van der Waals surface area contributed by atoms with E-state index in [4.69, 9.17) is 11.2 Å². The summed E-state index contributed by atoms with van der Waals surface area (Å²) < 4.78 is 18.2. The molecule has 0 bridgehead atoms. The van der Waals surface area contributed by atoms with Gasteiger partial charge in [-0.3, -0.25) is 0 Å². The Morgan fingerprint density at radius 3 is 2.92 bits per heavy atom. The number of terminal acetylenes is 1. The summed E-state index contributed by atoms with van der Waals surface area (Å²) >= 11 is 0. The van der Waals surface area contributed by atoms with E-state index in [1.54, 1.807) is 6.07 Å². The molecule has 13 heavy (non-hydrogen) atoms. The predicted octanol–water partition coefficient (Wildman–Crippen LogP) is 2.60. The molecule has 0 aliphatic carbocycles. The first kappa shape index (κ1) is 9.60. The fraction of sp³-hybridized carbons (Fsp3) is 0.273. The summed E-state index contributed by atoms with van der Waals surface area (Å²) in [5.41, 5.74) is 0.244. The van der Waals surface area contributed by atoms with Crippen LogP contribution in [0.15, 0.2) is 18.2 Å². The second-order valence-electron chi connectivity index (χ2n) is 2.63. The van der Waals surface area contributed by atoms with Gasteiger partial charge in [-0.05, 0) is 24.6 Å². The summed E-state index contributed by atoms with van der Waals surface area (Å²) in [5.74, 6) is 2.50. The molecule has 0 aromatic heterocycles. The van der Waals surface area contributed by atoms with Crippen LogP contribution in [0.5, 0.6) is 5.75 Å². The quantitative estimate of drug-likeness (QED) is 0.646. The first-order chi connectivity index (χ1) is 6.27. The number of benzene rings is 1. The third-order valence-corrected chi connectivity index (χ3v) is 1.57. The lowest BCUT2D eigenvalue weighted by molar-refractivity contribution is 0.317. The molecule has 0 saturated heterocycles. The molecule has 0 heterocycles. The SMILES string of the molecule is C#Cc1cc(OCCC)ccc1F. The van der Waals surface area contributed by atoms with Crippen LogP contribution in [0.1, 0.15) is 18.9 Å². The van der Waals surface area contributed by atoms with E-state index in [1.165, 1.54) is 12.1 Å². The van der Waals surface area contributed by atoms with E-state index in [9.17, 15) is 4.39 Å². The first-order valence-electron chi connectivity index (χ1n) is 4.17. The zero-order valence-corrected chi connectivity index (χ0v) is 7.51. The van der Waals surface area contributed by atoms with Crippen molar-refractivity contribution in [2.24, 2.45) is 0 Å². The van der Waals surface area contributed by atoms with Crippen LogP contribution in [-0.2, 0) is 0 Å². The maximum Gasteiger partial charge on any atom is 0.139 e. The maximum absolute atomic E-state index is 12.9. The van der Waals surface area contributed by atoms with Gasteiger partial charge in [0, 0.05) is 0 Å². The van der Waals surface area contributed by atoms with Gasteiger partial charge in [0.05, 0.1) is 12.2 Å². The van der Waals surface area contributed by atoms with Crippen LogP contribution < -0.4 is 4.74 Å². The van der Waals surface area contributed by atoms with Crippen molar-refractivity contribution in [2.45, 2.75) is 13.3 Å². The molecule has 0 aliphatic rings. The summed E-state index contributed by atoms with van der Waals surface area (Å²) in [5, 5.41) is 0. The van der Waals surface area contributed by atoms with E-state index in [0.29, 0.717) is 12.4 Å². The second kappa shape index (κ2) is 4.51. The second-order valence-corrected chi connectivity index (χ2v) is 2.63. The highest BCUT2D eigenvalue weighted by atomic mass is 19.1. The minimum Gasteiger partial charge on any atom is -0.494 e. The molecule has 1 aromatic carbocycles. The Bertz CT molecular complexity index is 325. The van der Waals surface area contributed by atoms with E-state index in [1.807, 2.05) is 6.92 Å². The van der Waals surface area contributed by atoms with Crippen molar-refractivity contribution in [3.05, 3.63) is 29.6 Å². The van der Waals surface area contributed by atoms with E-state index in [2.05, 4.69) is 5.92 Å². The average Bonchev–Trinajstić information content (AvgIpc) is 2.16. The highest BCUT2D eigenvalue weighted by Gasteiger charge is 2.00. The third-order valence-electron chi connectivity index (χ3n) is 1.57. The number of hydrogen-bond acceptors (Lipinski definition) is 1. The largest absolute Gasteiger partial charge is 0.494 e. The molecule has 1 aromatic rings. The van der Waals surface area contributed by atoms with Crippen molar-refractivity contribution in [3.63, 3.8) is 0 Å². The number of hydrogen-bond donors (Lipinski definition) is 0. The van der Waals surface area contributed by atoms with Crippen molar-refractivity contribution >= 4 is 0 Å². The van der Waals surface area contributed by atoms with Gasteiger partial charge in [0.25, 0.3) is 0 Å². The Morgan fingerprint density at radius 1 is 1.54 bits per heavy atom. The van der Waals surface area contributed by atoms with Gasteiger partial charge in [0.2, 0.25) is 0 Å². The van der Waals surface area contributed by atoms with Gasteiger partial charge in [0.15, 0.2) is 0 Å². The van der Waals surface area contributed by atoms with Gasteiger partial charge >= 0.3 is 0 Å². The molecular weight excluding hydrogens is 167 g/mol. The minimum atomic E-state index is -0.383. The van der Waals surface area contributed by atoms with Crippen molar-refractivity contribution in [1.82, 2.24) is 0 Å². The van der Waals surface area contributed by atoms with Crippen LogP contribution in [-0.4, -0.2) is 6.61 Å². The Morgan fingerprint density at radius 2 is 2.31 bits per heavy atom. The molecule has 0 fully saturated rings. The van der Waals surface area contributed by atoms with Crippen LogP contribution in [0.4, 0.5) is 4.39 Å². The Balaban J connectivity index is 2.82. The van der Waals surface area contributed by atoms with E-state index in [0.717, 1.165) is 6.42 Å². The van der Waals surface area contributed by atoms with Crippen LogP contribution in [0.2, 0.25) is 0 Å². The van der Waals surface area contributed by atoms with Gasteiger partial charge in [-0.15, -0.1) is 6.42 Å². The van der Waals surface area contributed by atoms with Crippen LogP contribution >= 0.6 is 0 Å². The summed E-state index contributed by atoms with van der Waals surface area (Å²) in [6.07, 6.45) is 6.02. The molecule has 68 valence electrons. The summed E-state index contributed by atoms with van der Waals surface area (Å²) in [7, 11) is 0. The maximum atomic E-state index is 12.9. The predicted molar refractivity (Wildman–Crippen MR) is 50.1 cm³/mol. The molecule has 0 spiro atoms. The van der Waals surface area contributed by atoms with Crippen LogP contribution in [0.3, 0.4) is 0 Å². The van der Waals surface area contributed by atoms with E-state index >= 15 is 0 Å². The van der Waals surface area contributed by atoms with Gasteiger partial charge in [-0.2, -0.15) is 0 Å². The monoisotopic (exact) mass is 178 g/mol. The zero-order valence-electron chi connectivity index (χ0n) is 7.51. The zero-order chi connectivity index (χ0) is 9.68. The smallest absolute Gasteiger partial charge is 0.139 e. The average molecular weight is 178 g/mol. The summed E-state index contributed by atoms with van der Waals surface area (Å²) in [4.78, 5) is 0. The molecule has 0 radical (unpaired) electrons. The molecule has 0 atom stereocenters. The lowest BCUT2D eigenvalue weighted by Gasteiger charge is -2.04.